The first-order valence-corrected chi connectivity index (χ1v) is 6.82. The van der Waals surface area contributed by atoms with Crippen molar-refractivity contribution in [1.29, 1.82) is 0 Å². The highest BCUT2D eigenvalue weighted by molar-refractivity contribution is 7.89. The van der Waals surface area contributed by atoms with E-state index in [1.165, 1.54) is 24.6 Å². The highest BCUT2D eigenvalue weighted by Gasteiger charge is 2.12. The Morgan fingerprint density at radius 2 is 2.00 bits per heavy atom. The lowest BCUT2D eigenvalue weighted by Gasteiger charge is -2.21. The summed E-state index contributed by atoms with van der Waals surface area (Å²) in [6.07, 6.45) is 2.64. The van der Waals surface area contributed by atoms with Crippen molar-refractivity contribution in [1.82, 2.24) is 4.83 Å². The summed E-state index contributed by atoms with van der Waals surface area (Å²) >= 11 is 0. The second kappa shape index (κ2) is 5.74. The van der Waals surface area contributed by atoms with Gasteiger partial charge in [-0.3, -0.25) is 5.21 Å². The van der Waals surface area contributed by atoms with E-state index < -0.39 is 10.0 Å². The molecule has 0 spiro atoms. The maximum absolute atomic E-state index is 11.8. The van der Waals surface area contributed by atoms with Crippen LogP contribution in [0.2, 0.25) is 0 Å². The average Bonchev–Trinajstić information content (AvgIpc) is 2.92. The third-order valence-corrected chi connectivity index (χ3v) is 3.51. The van der Waals surface area contributed by atoms with Gasteiger partial charge >= 0.3 is 0 Å². The number of sulfonamides is 1. The van der Waals surface area contributed by atoms with Crippen molar-refractivity contribution in [3.05, 3.63) is 53.6 Å². The number of rotatable bonds is 5. The zero-order valence-electron chi connectivity index (χ0n) is 10.0. The van der Waals surface area contributed by atoms with E-state index in [2.05, 4.69) is 5.10 Å². The largest absolute Gasteiger partial charge is 0.733 e. The minimum Gasteiger partial charge on any atom is -0.733 e. The molecule has 2 rings (SSSR count). The monoisotopic (exact) mass is 296 g/mol. The van der Waals surface area contributed by atoms with Crippen LogP contribution in [-0.2, 0) is 10.0 Å². The van der Waals surface area contributed by atoms with E-state index in [4.69, 9.17) is 9.62 Å². The molecule has 0 radical (unpaired) electrons. The van der Waals surface area contributed by atoms with Crippen LogP contribution in [0.5, 0.6) is 0 Å². The zero-order valence-corrected chi connectivity index (χ0v) is 10.8. The molecule has 8 nitrogen and oxygen atoms in total. The molecule has 0 unspecified atom stereocenters. The van der Waals surface area contributed by atoms with Gasteiger partial charge in [0.1, 0.15) is 5.76 Å². The average molecular weight is 296 g/mol. The molecule has 0 aliphatic rings. The summed E-state index contributed by atoms with van der Waals surface area (Å²) < 4.78 is 28.6. The van der Waals surface area contributed by atoms with Gasteiger partial charge in [0.2, 0.25) is 0 Å². The van der Waals surface area contributed by atoms with Crippen molar-refractivity contribution in [3.63, 3.8) is 0 Å². The predicted octanol–water partition coefficient (Wildman–Crippen LogP) is 1.29. The molecule has 1 aromatic heterocycles. The van der Waals surface area contributed by atoms with E-state index in [-0.39, 0.29) is 15.8 Å². The van der Waals surface area contributed by atoms with E-state index in [9.17, 15) is 13.6 Å². The molecule has 1 aromatic carbocycles. The smallest absolute Gasteiger partial charge is 0.276 e. The highest BCUT2D eigenvalue weighted by Crippen LogP contribution is 2.15. The molecule has 0 saturated heterocycles. The van der Waals surface area contributed by atoms with Gasteiger partial charge in [0, 0.05) is 0 Å². The molecule has 0 saturated carbocycles. The molecule has 0 atom stereocenters. The molecule has 0 aliphatic heterocycles. The molecule has 20 heavy (non-hydrogen) atoms. The second-order valence-corrected chi connectivity index (χ2v) is 5.30. The van der Waals surface area contributed by atoms with Gasteiger partial charge in [0.15, 0.2) is 0 Å². The lowest BCUT2D eigenvalue weighted by atomic mass is 10.3. The fourth-order valence-electron chi connectivity index (χ4n) is 1.33. The number of hydrogen-bond donors (Lipinski definition) is 2. The van der Waals surface area contributed by atoms with Crippen LogP contribution in [0.3, 0.4) is 0 Å². The maximum atomic E-state index is 11.8. The number of furan rings is 1. The van der Waals surface area contributed by atoms with Crippen LogP contribution < -0.4 is 10.1 Å². The van der Waals surface area contributed by atoms with Gasteiger partial charge in [0.05, 0.1) is 23.1 Å². The van der Waals surface area contributed by atoms with Gasteiger partial charge in [-0.25, -0.2) is 0 Å². The van der Waals surface area contributed by atoms with E-state index in [0.29, 0.717) is 5.76 Å². The van der Waals surface area contributed by atoms with Gasteiger partial charge in [-0.1, -0.05) is 0 Å². The number of nitrogens with zero attached hydrogens (tertiary/aromatic N) is 2. The van der Waals surface area contributed by atoms with Crippen LogP contribution in [0, 0.1) is 5.21 Å². The molecule has 0 bridgehead atoms. The van der Waals surface area contributed by atoms with Crippen LogP contribution in [0.25, 0.3) is 0 Å². The zero-order chi connectivity index (χ0) is 14.6. The van der Waals surface area contributed by atoms with Crippen LogP contribution in [0.1, 0.15) is 5.76 Å². The normalized spacial score (nSPS) is 11.7. The quantitative estimate of drug-likeness (QED) is 0.634. The Kier molecular flexibility index (Phi) is 4.03. The molecule has 0 fully saturated rings. The predicted molar refractivity (Wildman–Crippen MR) is 70.7 cm³/mol. The van der Waals surface area contributed by atoms with E-state index in [1.807, 2.05) is 4.83 Å². The van der Waals surface area contributed by atoms with Crippen molar-refractivity contribution < 1.29 is 18.0 Å². The number of benzene rings is 1. The summed E-state index contributed by atoms with van der Waals surface area (Å²) in [5.74, 6) is 0.394. The van der Waals surface area contributed by atoms with Crippen molar-refractivity contribution in [2.24, 2.45) is 5.10 Å². The van der Waals surface area contributed by atoms with Crippen molar-refractivity contribution in [2.45, 2.75) is 4.90 Å². The first kappa shape index (κ1) is 14.1. The van der Waals surface area contributed by atoms with Crippen LogP contribution in [-0.4, -0.2) is 19.8 Å². The Labute approximate surface area is 114 Å². The van der Waals surface area contributed by atoms with Gasteiger partial charge in [-0.15, -0.1) is 0 Å². The SMILES string of the molecule is O=S(=O)(N/N=C\c1ccco1)c1ccc(N([O-])O)cc1. The third kappa shape index (κ3) is 3.35. The lowest BCUT2D eigenvalue weighted by Crippen LogP contribution is -2.18. The number of anilines is 1. The highest BCUT2D eigenvalue weighted by atomic mass is 32.2. The van der Waals surface area contributed by atoms with Crippen molar-refractivity contribution in [2.75, 3.05) is 5.23 Å². The molecule has 0 amide bonds. The standard InChI is InChI=1S/C11H10N3O5S/c15-14(16)9-3-5-11(6-4-9)20(17,18)13-12-8-10-2-1-7-19-10/h1-8,13,15H/q-1/b12-8-. The van der Waals surface area contributed by atoms with Crippen LogP contribution >= 0.6 is 0 Å². The summed E-state index contributed by atoms with van der Waals surface area (Å²) in [5.41, 5.74) is -0.0805. The van der Waals surface area contributed by atoms with E-state index >= 15 is 0 Å². The molecule has 106 valence electrons. The van der Waals surface area contributed by atoms with Crippen LogP contribution in [0.15, 0.2) is 57.1 Å². The van der Waals surface area contributed by atoms with Gasteiger partial charge in [-0.2, -0.15) is 18.4 Å². The second-order valence-electron chi connectivity index (χ2n) is 3.64. The van der Waals surface area contributed by atoms with Crippen LogP contribution in [0.4, 0.5) is 5.69 Å². The first-order valence-electron chi connectivity index (χ1n) is 5.33. The summed E-state index contributed by atoms with van der Waals surface area (Å²) in [5, 5.41) is 22.4. The maximum Gasteiger partial charge on any atom is 0.276 e. The van der Waals surface area contributed by atoms with Crippen molar-refractivity contribution in [3.8, 4) is 0 Å². The summed E-state index contributed by atoms with van der Waals surface area (Å²) in [4.78, 5) is 1.89. The fourth-order valence-corrected chi connectivity index (χ4v) is 2.12. The Hall–Kier alpha value is -2.36. The van der Waals surface area contributed by atoms with Gasteiger partial charge in [-0.05, 0) is 36.4 Å². The molecular formula is C11H10N3O5S-. The summed E-state index contributed by atoms with van der Waals surface area (Å²) in [6.45, 7) is 0. The number of nitrogens with one attached hydrogen (secondary N) is 1. The van der Waals surface area contributed by atoms with Gasteiger partial charge < -0.3 is 14.9 Å². The molecule has 2 N–H and O–H groups in total. The number of hydrazone groups is 1. The molecular weight excluding hydrogens is 286 g/mol. The minimum absolute atomic E-state index is 0.0805. The minimum atomic E-state index is -3.85. The Morgan fingerprint density at radius 1 is 1.30 bits per heavy atom. The Morgan fingerprint density at radius 3 is 2.55 bits per heavy atom. The van der Waals surface area contributed by atoms with E-state index in [0.717, 1.165) is 12.1 Å². The summed E-state index contributed by atoms with van der Waals surface area (Å²) in [6, 6.07) is 7.91. The fraction of sp³-hybridized carbons (Fsp3) is 0. The lowest BCUT2D eigenvalue weighted by molar-refractivity contribution is 0.296. The first-order chi connectivity index (χ1) is 9.49. The van der Waals surface area contributed by atoms with Gasteiger partial charge in [0.25, 0.3) is 10.0 Å². The third-order valence-electron chi connectivity index (χ3n) is 2.28. The molecule has 2 aromatic rings. The molecule has 9 heteroatoms. The number of hydrogen-bond acceptors (Lipinski definition) is 7. The van der Waals surface area contributed by atoms with Crippen molar-refractivity contribution >= 4 is 21.9 Å². The Balaban J connectivity index is 2.10. The molecule has 1 heterocycles. The summed E-state index contributed by atoms with van der Waals surface area (Å²) in [7, 11) is -3.85. The molecule has 0 aliphatic carbocycles. The topological polar surface area (TPSA) is 118 Å². The Bertz CT molecular complexity index is 677. The van der Waals surface area contributed by atoms with E-state index in [1.54, 1.807) is 12.1 Å².